The van der Waals surface area contributed by atoms with Crippen molar-refractivity contribution in [1.82, 2.24) is 9.97 Å². The Morgan fingerprint density at radius 1 is 1.19 bits per heavy atom. The van der Waals surface area contributed by atoms with Crippen LogP contribution in [0, 0.1) is 0 Å². The third-order valence-corrected chi connectivity index (χ3v) is 2.02. The number of rotatable bonds is 2. The molecule has 0 aliphatic rings. The SMILES string of the molecule is O=C(O)c1ccnc(-c2ccccc2O)n1. The number of phenolic OH excluding ortho intramolecular Hbond substituents is 1. The highest BCUT2D eigenvalue weighted by Crippen LogP contribution is 2.25. The smallest absolute Gasteiger partial charge is 0.354 e. The van der Waals surface area contributed by atoms with Crippen LogP contribution in [-0.2, 0) is 0 Å². The number of aromatic carboxylic acids is 1. The van der Waals surface area contributed by atoms with Gasteiger partial charge in [-0.25, -0.2) is 14.8 Å². The number of carboxylic acids is 1. The van der Waals surface area contributed by atoms with E-state index in [4.69, 9.17) is 5.11 Å². The maximum Gasteiger partial charge on any atom is 0.354 e. The second-order valence-corrected chi connectivity index (χ2v) is 3.09. The van der Waals surface area contributed by atoms with Gasteiger partial charge in [0.2, 0.25) is 0 Å². The van der Waals surface area contributed by atoms with Crippen LogP contribution in [0.2, 0.25) is 0 Å². The minimum atomic E-state index is -1.13. The Balaban J connectivity index is 2.53. The molecular weight excluding hydrogens is 208 g/mol. The van der Waals surface area contributed by atoms with Crippen LogP contribution in [0.5, 0.6) is 5.75 Å². The Morgan fingerprint density at radius 2 is 1.94 bits per heavy atom. The van der Waals surface area contributed by atoms with Crippen molar-refractivity contribution in [3.63, 3.8) is 0 Å². The summed E-state index contributed by atoms with van der Waals surface area (Å²) in [5.74, 6) is -0.915. The number of hydrogen-bond donors (Lipinski definition) is 2. The van der Waals surface area contributed by atoms with Gasteiger partial charge in [0, 0.05) is 6.20 Å². The summed E-state index contributed by atoms with van der Waals surface area (Å²) in [5.41, 5.74) is 0.304. The van der Waals surface area contributed by atoms with E-state index in [0.29, 0.717) is 5.56 Å². The van der Waals surface area contributed by atoms with Gasteiger partial charge in [-0.15, -0.1) is 0 Å². The first kappa shape index (κ1) is 10.1. The predicted molar refractivity (Wildman–Crippen MR) is 56.1 cm³/mol. The Bertz CT molecular complexity index is 540. The van der Waals surface area contributed by atoms with Crippen molar-refractivity contribution in [3.8, 4) is 17.1 Å². The van der Waals surface area contributed by atoms with E-state index in [1.54, 1.807) is 18.2 Å². The number of carboxylic acid groups (broad SMARTS) is 1. The highest BCUT2D eigenvalue weighted by Gasteiger charge is 2.10. The first-order valence-electron chi connectivity index (χ1n) is 4.53. The van der Waals surface area contributed by atoms with Crippen LogP contribution in [0.4, 0.5) is 0 Å². The zero-order valence-corrected chi connectivity index (χ0v) is 8.16. The summed E-state index contributed by atoms with van der Waals surface area (Å²) in [5, 5.41) is 18.3. The molecular formula is C11H8N2O3. The number of aromatic nitrogens is 2. The maximum atomic E-state index is 10.7. The maximum absolute atomic E-state index is 10.7. The van der Waals surface area contributed by atoms with E-state index in [2.05, 4.69) is 9.97 Å². The lowest BCUT2D eigenvalue weighted by molar-refractivity contribution is 0.0690. The molecule has 80 valence electrons. The number of phenols is 1. The Morgan fingerprint density at radius 3 is 2.62 bits per heavy atom. The number of para-hydroxylation sites is 1. The van der Waals surface area contributed by atoms with E-state index >= 15 is 0 Å². The third-order valence-electron chi connectivity index (χ3n) is 2.02. The van der Waals surface area contributed by atoms with Crippen molar-refractivity contribution >= 4 is 5.97 Å². The van der Waals surface area contributed by atoms with Crippen molar-refractivity contribution in [3.05, 3.63) is 42.2 Å². The average molecular weight is 216 g/mol. The minimum absolute atomic E-state index is 0.0186. The molecule has 5 nitrogen and oxygen atoms in total. The average Bonchev–Trinajstić information content (AvgIpc) is 2.30. The lowest BCUT2D eigenvalue weighted by Crippen LogP contribution is -2.02. The molecule has 2 aromatic rings. The zero-order valence-electron chi connectivity index (χ0n) is 8.16. The van der Waals surface area contributed by atoms with E-state index < -0.39 is 5.97 Å². The normalized spacial score (nSPS) is 10.0. The predicted octanol–water partition coefficient (Wildman–Crippen LogP) is 1.55. The Kier molecular flexibility index (Phi) is 2.51. The Labute approximate surface area is 91.0 Å². The summed E-state index contributed by atoms with van der Waals surface area (Å²) in [6, 6.07) is 7.79. The second kappa shape index (κ2) is 3.98. The highest BCUT2D eigenvalue weighted by atomic mass is 16.4. The molecule has 0 bridgehead atoms. The highest BCUT2D eigenvalue weighted by molar-refractivity contribution is 5.85. The summed E-state index contributed by atoms with van der Waals surface area (Å²) in [6.07, 6.45) is 1.35. The largest absolute Gasteiger partial charge is 0.507 e. The first-order chi connectivity index (χ1) is 7.68. The number of hydrogen-bond acceptors (Lipinski definition) is 4. The van der Waals surface area contributed by atoms with Gasteiger partial charge in [-0.3, -0.25) is 0 Å². The molecule has 0 saturated carbocycles. The third kappa shape index (κ3) is 1.83. The summed E-state index contributed by atoms with van der Waals surface area (Å²) in [6.45, 7) is 0. The lowest BCUT2D eigenvalue weighted by atomic mass is 10.2. The first-order valence-corrected chi connectivity index (χ1v) is 4.53. The molecule has 16 heavy (non-hydrogen) atoms. The van der Waals surface area contributed by atoms with Gasteiger partial charge in [-0.2, -0.15) is 0 Å². The van der Waals surface area contributed by atoms with Gasteiger partial charge in [0.05, 0.1) is 5.56 Å². The molecule has 0 fully saturated rings. The number of aromatic hydroxyl groups is 1. The van der Waals surface area contributed by atoms with Crippen LogP contribution in [0.15, 0.2) is 36.5 Å². The van der Waals surface area contributed by atoms with E-state index in [1.165, 1.54) is 18.3 Å². The minimum Gasteiger partial charge on any atom is -0.507 e. The van der Waals surface area contributed by atoms with Gasteiger partial charge < -0.3 is 10.2 Å². The van der Waals surface area contributed by atoms with Gasteiger partial charge >= 0.3 is 5.97 Å². The molecule has 2 N–H and O–H groups in total. The van der Waals surface area contributed by atoms with E-state index in [9.17, 15) is 9.90 Å². The van der Waals surface area contributed by atoms with Crippen LogP contribution < -0.4 is 0 Å². The molecule has 0 saturated heterocycles. The van der Waals surface area contributed by atoms with Gasteiger partial charge in [-0.1, -0.05) is 12.1 Å². The zero-order chi connectivity index (χ0) is 11.5. The molecule has 0 amide bonds. The number of nitrogens with zero attached hydrogens (tertiary/aromatic N) is 2. The van der Waals surface area contributed by atoms with Crippen molar-refractivity contribution in [2.45, 2.75) is 0 Å². The van der Waals surface area contributed by atoms with Crippen LogP contribution in [-0.4, -0.2) is 26.2 Å². The summed E-state index contributed by atoms with van der Waals surface area (Å²) < 4.78 is 0. The van der Waals surface area contributed by atoms with E-state index in [1.807, 2.05) is 0 Å². The molecule has 0 aliphatic carbocycles. The molecule has 0 aliphatic heterocycles. The number of carbonyl (C=O) groups is 1. The van der Waals surface area contributed by atoms with Gasteiger partial charge in [0.1, 0.15) is 5.75 Å². The standard InChI is InChI=1S/C11H8N2O3/c14-9-4-2-1-3-7(9)10-12-6-5-8(13-10)11(15)16/h1-6,14H,(H,15,16). The number of benzene rings is 1. The molecule has 0 spiro atoms. The van der Waals surface area contributed by atoms with Crippen LogP contribution in [0.1, 0.15) is 10.5 Å². The Hall–Kier alpha value is -2.43. The summed E-state index contributed by atoms with van der Waals surface area (Å²) in [7, 11) is 0. The molecule has 1 aromatic heterocycles. The van der Waals surface area contributed by atoms with Gasteiger partial charge in [0.25, 0.3) is 0 Å². The van der Waals surface area contributed by atoms with Gasteiger partial charge in [0.15, 0.2) is 11.5 Å². The fourth-order valence-electron chi connectivity index (χ4n) is 1.27. The molecule has 0 atom stereocenters. The summed E-state index contributed by atoms with van der Waals surface area (Å²) >= 11 is 0. The van der Waals surface area contributed by atoms with E-state index in [-0.39, 0.29) is 17.3 Å². The van der Waals surface area contributed by atoms with Crippen molar-refractivity contribution in [1.29, 1.82) is 0 Å². The molecule has 0 unspecified atom stereocenters. The van der Waals surface area contributed by atoms with Crippen LogP contribution in [0.3, 0.4) is 0 Å². The van der Waals surface area contributed by atoms with Crippen molar-refractivity contribution in [2.24, 2.45) is 0 Å². The molecule has 1 heterocycles. The molecule has 5 heteroatoms. The molecule has 0 radical (unpaired) electrons. The van der Waals surface area contributed by atoms with Gasteiger partial charge in [-0.05, 0) is 18.2 Å². The fourth-order valence-corrected chi connectivity index (χ4v) is 1.27. The monoisotopic (exact) mass is 216 g/mol. The lowest BCUT2D eigenvalue weighted by Gasteiger charge is -2.02. The summed E-state index contributed by atoms with van der Waals surface area (Å²) in [4.78, 5) is 18.5. The quantitative estimate of drug-likeness (QED) is 0.795. The fraction of sp³-hybridized carbons (Fsp3) is 0. The van der Waals surface area contributed by atoms with E-state index in [0.717, 1.165) is 0 Å². The van der Waals surface area contributed by atoms with Crippen molar-refractivity contribution in [2.75, 3.05) is 0 Å². The second-order valence-electron chi connectivity index (χ2n) is 3.09. The molecule has 1 aromatic carbocycles. The van der Waals surface area contributed by atoms with Crippen LogP contribution in [0.25, 0.3) is 11.4 Å². The van der Waals surface area contributed by atoms with Crippen molar-refractivity contribution < 1.29 is 15.0 Å². The molecule has 2 rings (SSSR count). The topological polar surface area (TPSA) is 83.3 Å². The van der Waals surface area contributed by atoms with Crippen LogP contribution >= 0.6 is 0 Å².